The van der Waals surface area contributed by atoms with Gasteiger partial charge >= 0.3 is 5.69 Å². The first-order valence-corrected chi connectivity index (χ1v) is 5.42. The average molecular weight is 257 g/mol. The molecule has 1 heterocycles. The van der Waals surface area contributed by atoms with Crippen LogP contribution in [0, 0.1) is 11.3 Å². The Kier molecular flexibility index (Phi) is 3.48. The van der Waals surface area contributed by atoms with Crippen LogP contribution in [-0.2, 0) is 0 Å². The number of aromatic amines is 1. The van der Waals surface area contributed by atoms with Crippen molar-refractivity contribution in [1.29, 1.82) is 5.26 Å². The lowest BCUT2D eigenvalue weighted by Gasteiger charge is -2.10. The van der Waals surface area contributed by atoms with Gasteiger partial charge in [0.25, 0.3) is 0 Å². The van der Waals surface area contributed by atoms with E-state index in [-0.39, 0.29) is 5.69 Å². The SMILES string of the molecule is COc1ccc(OC)c(-c2cc(C#N)nc(=O)[nH]2)c1. The summed E-state index contributed by atoms with van der Waals surface area (Å²) < 4.78 is 10.4. The maximum Gasteiger partial charge on any atom is 0.346 e. The van der Waals surface area contributed by atoms with E-state index in [1.165, 1.54) is 13.2 Å². The highest BCUT2D eigenvalue weighted by atomic mass is 16.5. The van der Waals surface area contributed by atoms with E-state index in [0.29, 0.717) is 22.8 Å². The summed E-state index contributed by atoms with van der Waals surface area (Å²) in [4.78, 5) is 17.5. The Morgan fingerprint density at radius 2 is 2.05 bits per heavy atom. The van der Waals surface area contributed by atoms with E-state index < -0.39 is 5.69 Å². The first kappa shape index (κ1) is 12.6. The Morgan fingerprint density at radius 1 is 1.26 bits per heavy atom. The molecule has 0 atom stereocenters. The molecule has 6 nitrogen and oxygen atoms in total. The molecule has 0 spiro atoms. The van der Waals surface area contributed by atoms with Crippen molar-refractivity contribution in [1.82, 2.24) is 9.97 Å². The fourth-order valence-electron chi connectivity index (χ4n) is 1.68. The third-order valence-electron chi connectivity index (χ3n) is 2.56. The van der Waals surface area contributed by atoms with Crippen molar-refractivity contribution in [2.24, 2.45) is 0 Å². The van der Waals surface area contributed by atoms with Crippen molar-refractivity contribution < 1.29 is 9.47 Å². The van der Waals surface area contributed by atoms with Crippen LogP contribution in [0.5, 0.6) is 11.5 Å². The topological polar surface area (TPSA) is 88.0 Å². The number of hydrogen-bond acceptors (Lipinski definition) is 5. The molecule has 0 bridgehead atoms. The van der Waals surface area contributed by atoms with Gasteiger partial charge in [-0.25, -0.2) is 4.79 Å². The van der Waals surface area contributed by atoms with Gasteiger partial charge in [-0.2, -0.15) is 10.2 Å². The third kappa shape index (κ3) is 2.55. The number of methoxy groups -OCH3 is 2. The molecule has 2 rings (SSSR count). The monoisotopic (exact) mass is 257 g/mol. The van der Waals surface area contributed by atoms with Crippen LogP contribution < -0.4 is 15.2 Å². The maximum absolute atomic E-state index is 11.4. The number of H-pyrrole nitrogens is 1. The maximum atomic E-state index is 11.4. The number of rotatable bonds is 3. The summed E-state index contributed by atoms with van der Waals surface area (Å²) in [6.07, 6.45) is 0. The van der Waals surface area contributed by atoms with Crippen molar-refractivity contribution >= 4 is 0 Å². The van der Waals surface area contributed by atoms with Crippen molar-refractivity contribution in [3.05, 3.63) is 40.4 Å². The van der Waals surface area contributed by atoms with Crippen LogP contribution in [0.1, 0.15) is 5.69 Å². The molecule has 0 saturated heterocycles. The minimum absolute atomic E-state index is 0.0450. The summed E-state index contributed by atoms with van der Waals surface area (Å²) >= 11 is 0. The molecule has 1 aromatic carbocycles. The van der Waals surface area contributed by atoms with Gasteiger partial charge in [-0.15, -0.1) is 0 Å². The van der Waals surface area contributed by atoms with Crippen LogP contribution in [0.2, 0.25) is 0 Å². The van der Waals surface area contributed by atoms with E-state index in [1.54, 1.807) is 25.3 Å². The fraction of sp³-hybridized carbons (Fsp3) is 0.154. The second kappa shape index (κ2) is 5.23. The highest BCUT2D eigenvalue weighted by Crippen LogP contribution is 2.31. The summed E-state index contributed by atoms with van der Waals surface area (Å²) in [6, 6.07) is 8.50. The summed E-state index contributed by atoms with van der Waals surface area (Å²) in [7, 11) is 3.07. The zero-order valence-corrected chi connectivity index (χ0v) is 10.4. The minimum Gasteiger partial charge on any atom is -0.497 e. The molecule has 0 aliphatic heterocycles. The number of aromatic nitrogens is 2. The molecule has 19 heavy (non-hydrogen) atoms. The zero-order chi connectivity index (χ0) is 13.8. The van der Waals surface area contributed by atoms with E-state index in [9.17, 15) is 4.79 Å². The number of nitriles is 1. The molecule has 0 amide bonds. The van der Waals surface area contributed by atoms with E-state index in [1.807, 2.05) is 6.07 Å². The summed E-state index contributed by atoms with van der Waals surface area (Å²) in [6.45, 7) is 0. The van der Waals surface area contributed by atoms with Crippen molar-refractivity contribution in [2.75, 3.05) is 14.2 Å². The van der Waals surface area contributed by atoms with Gasteiger partial charge in [0.15, 0.2) is 0 Å². The molecule has 2 aromatic rings. The number of ether oxygens (including phenoxy) is 2. The Balaban J connectivity index is 2.66. The lowest BCUT2D eigenvalue weighted by atomic mass is 10.1. The van der Waals surface area contributed by atoms with Gasteiger partial charge in [-0.05, 0) is 24.3 Å². The molecule has 0 fully saturated rings. The normalized spacial score (nSPS) is 9.74. The highest BCUT2D eigenvalue weighted by molar-refractivity contribution is 5.69. The second-order valence-corrected chi connectivity index (χ2v) is 3.66. The quantitative estimate of drug-likeness (QED) is 0.896. The standard InChI is InChI=1S/C13H11N3O3/c1-18-9-3-4-12(19-2)10(6-9)11-5-8(7-14)15-13(17)16-11/h3-6H,1-2H3,(H,15,16,17). The van der Waals surface area contributed by atoms with Gasteiger partial charge in [-0.3, -0.25) is 0 Å². The average Bonchev–Trinajstić information content (AvgIpc) is 2.45. The lowest BCUT2D eigenvalue weighted by Crippen LogP contribution is -2.12. The predicted molar refractivity (Wildman–Crippen MR) is 68.1 cm³/mol. The Bertz CT molecular complexity index is 701. The largest absolute Gasteiger partial charge is 0.497 e. The molecule has 0 saturated carbocycles. The van der Waals surface area contributed by atoms with Crippen LogP contribution in [0.15, 0.2) is 29.1 Å². The van der Waals surface area contributed by atoms with E-state index in [0.717, 1.165) is 0 Å². The van der Waals surface area contributed by atoms with Crippen molar-refractivity contribution in [2.45, 2.75) is 0 Å². The highest BCUT2D eigenvalue weighted by Gasteiger charge is 2.10. The van der Waals surface area contributed by atoms with Crippen LogP contribution in [0.4, 0.5) is 0 Å². The number of benzene rings is 1. The molecule has 0 radical (unpaired) electrons. The summed E-state index contributed by atoms with van der Waals surface area (Å²) in [5, 5.41) is 8.84. The number of nitrogens with zero attached hydrogens (tertiary/aromatic N) is 2. The lowest BCUT2D eigenvalue weighted by molar-refractivity contribution is 0.404. The number of hydrogen-bond donors (Lipinski definition) is 1. The van der Waals surface area contributed by atoms with Crippen LogP contribution in [0.3, 0.4) is 0 Å². The molecule has 0 aliphatic carbocycles. The summed E-state index contributed by atoms with van der Waals surface area (Å²) in [5.74, 6) is 1.18. The molecule has 1 aromatic heterocycles. The first-order chi connectivity index (χ1) is 9.17. The fourth-order valence-corrected chi connectivity index (χ4v) is 1.68. The number of nitrogens with one attached hydrogen (secondary N) is 1. The van der Waals surface area contributed by atoms with E-state index in [2.05, 4.69) is 9.97 Å². The molecular weight excluding hydrogens is 246 g/mol. The molecule has 0 aliphatic rings. The zero-order valence-electron chi connectivity index (χ0n) is 10.4. The van der Waals surface area contributed by atoms with Gasteiger partial charge < -0.3 is 14.5 Å². The van der Waals surface area contributed by atoms with Gasteiger partial charge in [-0.1, -0.05) is 0 Å². The van der Waals surface area contributed by atoms with Gasteiger partial charge in [0, 0.05) is 5.56 Å². The Labute approximate surface area is 109 Å². The molecule has 96 valence electrons. The smallest absolute Gasteiger partial charge is 0.346 e. The van der Waals surface area contributed by atoms with Crippen LogP contribution >= 0.6 is 0 Å². The van der Waals surface area contributed by atoms with Crippen LogP contribution in [0.25, 0.3) is 11.3 Å². The first-order valence-electron chi connectivity index (χ1n) is 5.42. The molecule has 6 heteroatoms. The molecule has 0 unspecified atom stereocenters. The molecule has 1 N–H and O–H groups in total. The van der Waals surface area contributed by atoms with Crippen molar-refractivity contribution in [3.8, 4) is 28.8 Å². The summed E-state index contributed by atoms with van der Waals surface area (Å²) in [5.41, 5.74) is 0.535. The van der Waals surface area contributed by atoms with Crippen molar-refractivity contribution in [3.63, 3.8) is 0 Å². The van der Waals surface area contributed by atoms with Gasteiger partial charge in [0.2, 0.25) is 0 Å². The minimum atomic E-state index is -0.584. The van der Waals surface area contributed by atoms with E-state index in [4.69, 9.17) is 14.7 Å². The van der Waals surface area contributed by atoms with Crippen LogP contribution in [-0.4, -0.2) is 24.2 Å². The predicted octanol–water partition coefficient (Wildman–Crippen LogP) is 1.33. The second-order valence-electron chi connectivity index (χ2n) is 3.66. The van der Waals surface area contributed by atoms with Gasteiger partial charge in [0.1, 0.15) is 23.3 Å². The van der Waals surface area contributed by atoms with Gasteiger partial charge in [0.05, 0.1) is 19.9 Å². The Hall–Kier alpha value is -2.81. The molecular formula is C13H11N3O3. The van der Waals surface area contributed by atoms with E-state index >= 15 is 0 Å². The third-order valence-corrected chi connectivity index (χ3v) is 2.56. The Morgan fingerprint density at radius 3 is 2.68 bits per heavy atom.